The maximum Gasteiger partial charge on any atom is 0.416 e. The van der Waals surface area contributed by atoms with E-state index in [1.54, 1.807) is 13.1 Å². The number of alkyl halides is 3. The van der Waals surface area contributed by atoms with Gasteiger partial charge in [-0.1, -0.05) is 12.1 Å². The molecule has 112 valence electrons. The molecule has 0 radical (unpaired) electrons. The lowest BCUT2D eigenvalue weighted by atomic mass is 10.00. The van der Waals surface area contributed by atoms with E-state index in [0.717, 1.165) is 37.1 Å². The number of halogens is 3. The summed E-state index contributed by atoms with van der Waals surface area (Å²) < 4.78 is 40.1. The van der Waals surface area contributed by atoms with E-state index in [1.807, 2.05) is 0 Å². The molecule has 1 aliphatic rings. The Kier molecular flexibility index (Phi) is 3.19. The lowest BCUT2D eigenvalue weighted by Crippen LogP contribution is -2.05. The van der Waals surface area contributed by atoms with Crippen molar-refractivity contribution in [3.63, 3.8) is 0 Å². The monoisotopic (exact) mass is 295 g/mol. The minimum absolute atomic E-state index is 0.407. The Labute approximate surface area is 120 Å². The fraction of sp³-hybridized carbons (Fsp3) is 0.400. The van der Waals surface area contributed by atoms with Crippen molar-refractivity contribution in [2.45, 2.75) is 25.4 Å². The SMILES string of the molecule is Cn1nc(CC2CC2)c(-c2cccc(C(F)(F)F)c2)c1N. The summed E-state index contributed by atoms with van der Waals surface area (Å²) in [5, 5.41) is 4.37. The third kappa shape index (κ3) is 2.75. The Hall–Kier alpha value is -1.98. The second-order valence-electron chi connectivity index (χ2n) is 5.56. The van der Waals surface area contributed by atoms with Crippen molar-refractivity contribution in [3.8, 4) is 11.1 Å². The molecule has 0 spiro atoms. The summed E-state index contributed by atoms with van der Waals surface area (Å²) in [7, 11) is 1.71. The molecule has 0 saturated heterocycles. The van der Waals surface area contributed by atoms with Crippen molar-refractivity contribution in [1.82, 2.24) is 9.78 Å². The molecular formula is C15H16F3N3. The standard InChI is InChI=1S/C15H16F3N3/c1-21-14(19)13(12(20-21)7-9-5-6-9)10-3-2-4-11(8-10)15(16,17)18/h2-4,8-9H,5-7,19H2,1H3. The lowest BCUT2D eigenvalue weighted by Gasteiger charge is -2.09. The first-order chi connectivity index (χ1) is 9.86. The van der Waals surface area contributed by atoms with Crippen LogP contribution in [0, 0.1) is 5.92 Å². The van der Waals surface area contributed by atoms with Gasteiger partial charge in [0.25, 0.3) is 0 Å². The molecule has 0 bridgehead atoms. The summed E-state index contributed by atoms with van der Waals surface area (Å²) in [5.41, 5.74) is 7.25. The molecule has 1 aromatic carbocycles. The van der Waals surface area contributed by atoms with Gasteiger partial charge in [-0.25, -0.2) is 0 Å². The maximum atomic E-state index is 12.9. The van der Waals surface area contributed by atoms with Gasteiger partial charge >= 0.3 is 6.18 Å². The van der Waals surface area contributed by atoms with Gasteiger partial charge < -0.3 is 5.73 Å². The molecule has 1 fully saturated rings. The first-order valence-corrected chi connectivity index (χ1v) is 6.85. The number of benzene rings is 1. The van der Waals surface area contributed by atoms with Crippen molar-refractivity contribution in [2.24, 2.45) is 13.0 Å². The average molecular weight is 295 g/mol. The van der Waals surface area contributed by atoms with Crippen LogP contribution in [0.4, 0.5) is 19.0 Å². The van der Waals surface area contributed by atoms with Crippen LogP contribution in [-0.4, -0.2) is 9.78 Å². The van der Waals surface area contributed by atoms with Gasteiger partial charge in [0, 0.05) is 12.6 Å². The van der Waals surface area contributed by atoms with Crippen LogP contribution >= 0.6 is 0 Å². The zero-order valence-corrected chi connectivity index (χ0v) is 11.6. The Balaban J connectivity index is 2.07. The molecule has 0 atom stereocenters. The third-order valence-corrected chi connectivity index (χ3v) is 3.82. The number of rotatable bonds is 3. The lowest BCUT2D eigenvalue weighted by molar-refractivity contribution is -0.137. The second-order valence-corrected chi connectivity index (χ2v) is 5.56. The van der Waals surface area contributed by atoms with Gasteiger partial charge in [0.2, 0.25) is 0 Å². The van der Waals surface area contributed by atoms with E-state index in [0.29, 0.717) is 22.9 Å². The van der Waals surface area contributed by atoms with Gasteiger partial charge in [0.1, 0.15) is 5.82 Å². The van der Waals surface area contributed by atoms with Gasteiger partial charge in [0.15, 0.2) is 0 Å². The van der Waals surface area contributed by atoms with Crippen LogP contribution in [0.3, 0.4) is 0 Å². The first kappa shape index (κ1) is 14.0. The van der Waals surface area contributed by atoms with Gasteiger partial charge in [-0.05, 0) is 42.9 Å². The number of nitrogens with two attached hydrogens (primary N) is 1. The molecule has 1 heterocycles. The summed E-state index contributed by atoms with van der Waals surface area (Å²) in [5.74, 6) is 0.994. The Morgan fingerprint density at radius 3 is 2.67 bits per heavy atom. The zero-order valence-electron chi connectivity index (χ0n) is 11.6. The molecule has 1 aromatic heterocycles. The molecule has 0 unspecified atom stereocenters. The van der Waals surface area contributed by atoms with E-state index in [2.05, 4.69) is 5.10 Å². The quantitative estimate of drug-likeness (QED) is 0.939. The minimum atomic E-state index is -4.36. The van der Waals surface area contributed by atoms with E-state index in [4.69, 9.17) is 5.73 Å². The molecule has 0 aliphatic heterocycles. The normalized spacial score (nSPS) is 15.4. The van der Waals surface area contributed by atoms with Crippen LogP contribution in [0.15, 0.2) is 24.3 Å². The molecule has 2 aromatic rings. The molecule has 3 nitrogen and oxygen atoms in total. The fourth-order valence-electron chi connectivity index (χ4n) is 2.50. The average Bonchev–Trinajstić information content (AvgIpc) is 3.17. The van der Waals surface area contributed by atoms with Crippen LogP contribution < -0.4 is 5.73 Å². The van der Waals surface area contributed by atoms with Gasteiger partial charge in [0.05, 0.1) is 11.3 Å². The second kappa shape index (κ2) is 4.79. The zero-order chi connectivity index (χ0) is 15.2. The smallest absolute Gasteiger partial charge is 0.383 e. The summed E-state index contributed by atoms with van der Waals surface area (Å²) >= 11 is 0. The number of anilines is 1. The molecule has 6 heteroatoms. The fourth-order valence-corrected chi connectivity index (χ4v) is 2.50. The van der Waals surface area contributed by atoms with Crippen LogP contribution in [0.2, 0.25) is 0 Å². The number of hydrogen-bond donors (Lipinski definition) is 1. The summed E-state index contributed by atoms with van der Waals surface area (Å²) in [6.45, 7) is 0. The number of hydrogen-bond acceptors (Lipinski definition) is 2. The maximum absolute atomic E-state index is 12.9. The Morgan fingerprint density at radius 2 is 2.05 bits per heavy atom. The van der Waals surface area contributed by atoms with Gasteiger partial charge in [-0.15, -0.1) is 0 Å². The molecule has 21 heavy (non-hydrogen) atoms. The van der Waals surface area contributed by atoms with Crippen LogP contribution in [-0.2, 0) is 19.6 Å². The topological polar surface area (TPSA) is 43.8 Å². The predicted octanol–water partition coefficient (Wildman–Crippen LogP) is 3.64. The van der Waals surface area contributed by atoms with E-state index in [1.165, 1.54) is 10.7 Å². The summed E-state index contributed by atoms with van der Waals surface area (Å²) in [6, 6.07) is 5.27. The molecule has 3 rings (SSSR count). The van der Waals surface area contributed by atoms with Crippen LogP contribution in [0.5, 0.6) is 0 Å². The number of aromatic nitrogens is 2. The van der Waals surface area contributed by atoms with Crippen molar-refractivity contribution in [2.75, 3.05) is 5.73 Å². The highest BCUT2D eigenvalue weighted by Gasteiger charge is 2.31. The van der Waals surface area contributed by atoms with E-state index in [-0.39, 0.29) is 0 Å². The molecule has 2 N–H and O–H groups in total. The predicted molar refractivity (Wildman–Crippen MR) is 74.5 cm³/mol. The Morgan fingerprint density at radius 1 is 1.33 bits per heavy atom. The molecular weight excluding hydrogens is 279 g/mol. The van der Waals surface area contributed by atoms with Crippen molar-refractivity contribution in [1.29, 1.82) is 0 Å². The van der Waals surface area contributed by atoms with E-state index in [9.17, 15) is 13.2 Å². The molecule has 0 amide bonds. The van der Waals surface area contributed by atoms with Crippen LogP contribution in [0.1, 0.15) is 24.1 Å². The number of nitrogen functional groups attached to an aromatic ring is 1. The number of nitrogens with zero attached hydrogens (tertiary/aromatic N) is 2. The molecule has 1 aliphatic carbocycles. The first-order valence-electron chi connectivity index (χ1n) is 6.85. The van der Waals surface area contributed by atoms with Gasteiger partial charge in [-0.2, -0.15) is 18.3 Å². The highest BCUT2D eigenvalue weighted by Crippen LogP contribution is 2.39. The largest absolute Gasteiger partial charge is 0.416 e. The third-order valence-electron chi connectivity index (χ3n) is 3.82. The summed E-state index contributed by atoms with van der Waals surface area (Å²) in [4.78, 5) is 0. The summed E-state index contributed by atoms with van der Waals surface area (Å²) in [6.07, 6.45) is -1.28. The highest BCUT2D eigenvalue weighted by atomic mass is 19.4. The van der Waals surface area contributed by atoms with Gasteiger partial charge in [-0.3, -0.25) is 4.68 Å². The molecule has 1 saturated carbocycles. The number of aryl methyl sites for hydroxylation is 1. The van der Waals surface area contributed by atoms with E-state index < -0.39 is 11.7 Å². The van der Waals surface area contributed by atoms with E-state index >= 15 is 0 Å². The highest BCUT2D eigenvalue weighted by molar-refractivity contribution is 5.77. The Bertz CT molecular complexity index is 669. The van der Waals surface area contributed by atoms with Crippen molar-refractivity contribution >= 4 is 5.82 Å². The minimum Gasteiger partial charge on any atom is -0.383 e. The van der Waals surface area contributed by atoms with Crippen molar-refractivity contribution < 1.29 is 13.2 Å². The van der Waals surface area contributed by atoms with Crippen molar-refractivity contribution in [3.05, 3.63) is 35.5 Å². The van der Waals surface area contributed by atoms with Crippen LogP contribution in [0.25, 0.3) is 11.1 Å².